The average molecular weight is 378 g/mol. The number of nitrogens with zero attached hydrogens (tertiary/aromatic N) is 1. The van der Waals surface area contributed by atoms with E-state index in [1.807, 2.05) is 6.92 Å². The zero-order chi connectivity index (χ0) is 20.4. The number of alkyl halides is 3. The molecule has 2 amide bonds. The Morgan fingerprint density at radius 2 is 1.52 bits per heavy atom. The third-order valence-electron chi connectivity index (χ3n) is 3.84. The first-order valence-corrected chi connectivity index (χ1v) is 8.29. The van der Waals surface area contributed by atoms with Crippen LogP contribution in [0.4, 0.5) is 13.2 Å². The van der Waals surface area contributed by atoms with Crippen LogP contribution in [0.5, 0.6) is 0 Å². The van der Waals surface area contributed by atoms with Crippen molar-refractivity contribution in [3.63, 3.8) is 0 Å². The number of carbonyl (C=O) groups is 2. The smallest absolute Gasteiger partial charge is 0.267 e. The zero-order valence-corrected chi connectivity index (χ0v) is 15.5. The first-order valence-electron chi connectivity index (χ1n) is 8.29. The lowest BCUT2D eigenvalue weighted by Gasteiger charge is -2.35. The van der Waals surface area contributed by atoms with Crippen LogP contribution in [0.25, 0.3) is 0 Å². The molecule has 0 saturated carbocycles. The van der Waals surface area contributed by atoms with Crippen molar-refractivity contribution in [2.24, 2.45) is 0 Å². The van der Waals surface area contributed by atoms with Gasteiger partial charge in [0.25, 0.3) is 11.8 Å². The Bertz CT molecular complexity index is 838. The Kier molecular flexibility index (Phi) is 5.63. The number of aryl methyl sites for hydroxylation is 1. The molecule has 0 radical (unpaired) electrons. The topological polar surface area (TPSA) is 49.4 Å². The van der Waals surface area contributed by atoms with E-state index in [2.05, 4.69) is 5.43 Å². The first-order chi connectivity index (χ1) is 12.4. The largest absolute Gasteiger partial charge is 0.416 e. The van der Waals surface area contributed by atoms with Gasteiger partial charge < -0.3 is 0 Å². The lowest BCUT2D eigenvalue weighted by atomic mass is 10.0. The number of nitrogens with one attached hydrogen (secondary N) is 1. The van der Waals surface area contributed by atoms with Crippen LogP contribution >= 0.6 is 0 Å². The highest BCUT2D eigenvalue weighted by molar-refractivity contribution is 5.99. The molecule has 0 unspecified atom stereocenters. The van der Waals surface area contributed by atoms with Crippen LogP contribution < -0.4 is 5.43 Å². The molecule has 2 rings (SSSR count). The lowest BCUT2D eigenvalue weighted by Crippen LogP contribution is -2.55. The number of amides is 2. The maximum absolute atomic E-state index is 12.9. The molecule has 0 bridgehead atoms. The van der Waals surface area contributed by atoms with Crippen molar-refractivity contribution in [3.8, 4) is 0 Å². The van der Waals surface area contributed by atoms with Crippen molar-refractivity contribution >= 4 is 11.8 Å². The fourth-order valence-electron chi connectivity index (χ4n) is 2.35. The van der Waals surface area contributed by atoms with Gasteiger partial charge in [-0.15, -0.1) is 0 Å². The Balaban J connectivity index is 2.32. The molecule has 0 aliphatic carbocycles. The molecule has 0 saturated heterocycles. The van der Waals surface area contributed by atoms with Gasteiger partial charge in [-0.25, -0.2) is 5.01 Å². The molecule has 1 N–H and O–H groups in total. The van der Waals surface area contributed by atoms with Crippen molar-refractivity contribution in [1.29, 1.82) is 0 Å². The predicted molar refractivity (Wildman–Crippen MR) is 96.0 cm³/mol. The third-order valence-corrected chi connectivity index (χ3v) is 3.84. The molecule has 2 aromatic carbocycles. The van der Waals surface area contributed by atoms with E-state index in [0.717, 1.165) is 22.7 Å². The fraction of sp³-hybridized carbons (Fsp3) is 0.300. The lowest BCUT2D eigenvalue weighted by molar-refractivity contribution is -0.137. The monoisotopic (exact) mass is 378 g/mol. The van der Waals surface area contributed by atoms with Gasteiger partial charge in [-0.1, -0.05) is 23.8 Å². The normalized spacial score (nSPS) is 11.8. The average Bonchev–Trinajstić information content (AvgIpc) is 2.58. The van der Waals surface area contributed by atoms with Gasteiger partial charge in [-0.2, -0.15) is 13.2 Å². The molecule has 0 heterocycles. The standard InChI is InChI=1S/C20H21F3N2O2/c1-13-8-10-14(11-9-13)17(26)24-25(19(2,3)4)18(27)15-6-5-7-16(12-15)20(21,22)23/h5-12H,1-4H3,(H,24,26). The van der Waals surface area contributed by atoms with Crippen molar-refractivity contribution in [2.75, 3.05) is 0 Å². The summed E-state index contributed by atoms with van der Waals surface area (Å²) >= 11 is 0. The SMILES string of the molecule is Cc1ccc(C(=O)NN(C(=O)c2cccc(C(F)(F)F)c2)C(C)(C)C)cc1. The summed E-state index contributed by atoms with van der Waals surface area (Å²) in [6.07, 6.45) is -4.56. The fourth-order valence-corrected chi connectivity index (χ4v) is 2.35. The van der Waals surface area contributed by atoms with Gasteiger partial charge in [0, 0.05) is 11.1 Å². The van der Waals surface area contributed by atoms with Gasteiger partial charge in [0.05, 0.1) is 11.1 Å². The molecule has 2 aromatic rings. The van der Waals surface area contributed by atoms with Crippen LogP contribution in [0.15, 0.2) is 48.5 Å². The number of carbonyl (C=O) groups excluding carboxylic acids is 2. The summed E-state index contributed by atoms with van der Waals surface area (Å²) in [5.41, 5.74) is 1.88. The van der Waals surface area contributed by atoms with Gasteiger partial charge in [-0.3, -0.25) is 15.0 Å². The predicted octanol–water partition coefficient (Wildman–Crippen LogP) is 4.60. The second kappa shape index (κ2) is 7.42. The van der Waals surface area contributed by atoms with Crippen LogP contribution in [0, 0.1) is 6.92 Å². The summed E-state index contributed by atoms with van der Waals surface area (Å²) in [5.74, 6) is -1.25. The van der Waals surface area contributed by atoms with Gasteiger partial charge in [0.2, 0.25) is 0 Å². The van der Waals surface area contributed by atoms with E-state index < -0.39 is 29.1 Å². The minimum absolute atomic E-state index is 0.163. The third kappa shape index (κ3) is 5.09. The van der Waals surface area contributed by atoms with E-state index in [1.165, 1.54) is 12.1 Å². The number of halogens is 3. The van der Waals surface area contributed by atoms with E-state index in [9.17, 15) is 22.8 Å². The molecule has 0 spiro atoms. The van der Waals surface area contributed by atoms with Crippen molar-refractivity contribution in [3.05, 3.63) is 70.8 Å². The van der Waals surface area contributed by atoms with E-state index in [0.29, 0.717) is 5.56 Å². The molecule has 0 aromatic heterocycles. The molecule has 7 heteroatoms. The van der Waals surface area contributed by atoms with E-state index in [1.54, 1.807) is 45.0 Å². The number of rotatable bonds is 2. The van der Waals surface area contributed by atoms with Crippen LogP contribution in [-0.4, -0.2) is 22.4 Å². The molecule has 0 aliphatic heterocycles. The minimum atomic E-state index is -4.56. The van der Waals surface area contributed by atoms with Gasteiger partial charge >= 0.3 is 6.18 Å². The van der Waals surface area contributed by atoms with Gasteiger partial charge in [0.1, 0.15) is 0 Å². The molecule has 0 atom stereocenters. The highest BCUT2D eigenvalue weighted by Gasteiger charge is 2.33. The number of benzene rings is 2. The number of hydrazine groups is 1. The summed E-state index contributed by atoms with van der Waals surface area (Å²) in [6.45, 7) is 6.90. The summed E-state index contributed by atoms with van der Waals surface area (Å²) < 4.78 is 38.8. The van der Waals surface area contributed by atoms with Crippen molar-refractivity contribution in [1.82, 2.24) is 10.4 Å². The second-order valence-corrected chi connectivity index (χ2v) is 7.20. The van der Waals surface area contributed by atoms with E-state index >= 15 is 0 Å². The molecule has 144 valence electrons. The van der Waals surface area contributed by atoms with Gasteiger partial charge in [0.15, 0.2) is 0 Å². The maximum Gasteiger partial charge on any atom is 0.416 e. The summed E-state index contributed by atoms with van der Waals surface area (Å²) in [4.78, 5) is 25.3. The van der Waals surface area contributed by atoms with Crippen LogP contribution in [0.2, 0.25) is 0 Å². The Hall–Kier alpha value is -2.83. The number of hydrogen-bond acceptors (Lipinski definition) is 2. The summed E-state index contributed by atoms with van der Waals surface area (Å²) in [5, 5.41) is 1.05. The Labute approximate surface area is 156 Å². The summed E-state index contributed by atoms with van der Waals surface area (Å²) in [6, 6.07) is 10.9. The molecule has 4 nitrogen and oxygen atoms in total. The molecule has 0 fully saturated rings. The molecular weight excluding hydrogens is 357 g/mol. The van der Waals surface area contributed by atoms with Gasteiger partial charge in [-0.05, 0) is 58.0 Å². The summed E-state index contributed by atoms with van der Waals surface area (Å²) in [7, 11) is 0. The van der Waals surface area contributed by atoms with Crippen LogP contribution in [0.1, 0.15) is 52.6 Å². The van der Waals surface area contributed by atoms with Crippen molar-refractivity contribution < 1.29 is 22.8 Å². The van der Waals surface area contributed by atoms with E-state index in [4.69, 9.17) is 0 Å². The van der Waals surface area contributed by atoms with Crippen LogP contribution in [0.3, 0.4) is 0 Å². The quantitative estimate of drug-likeness (QED) is 0.777. The van der Waals surface area contributed by atoms with Crippen LogP contribution in [-0.2, 0) is 6.18 Å². The Morgan fingerprint density at radius 3 is 2.04 bits per heavy atom. The van der Waals surface area contributed by atoms with Crippen molar-refractivity contribution in [2.45, 2.75) is 39.4 Å². The minimum Gasteiger partial charge on any atom is -0.267 e. The maximum atomic E-state index is 12.9. The molecule has 27 heavy (non-hydrogen) atoms. The van der Waals surface area contributed by atoms with E-state index in [-0.39, 0.29) is 5.56 Å². The molecule has 0 aliphatic rings. The molecular formula is C20H21F3N2O2. The highest BCUT2D eigenvalue weighted by Crippen LogP contribution is 2.30. The first kappa shape index (κ1) is 20.5. The zero-order valence-electron chi connectivity index (χ0n) is 15.5. The number of hydrogen-bond donors (Lipinski definition) is 1. The Morgan fingerprint density at radius 1 is 0.926 bits per heavy atom. The highest BCUT2D eigenvalue weighted by atomic mass is 19.4. The second-order valence-electron chi connectivity index (χ2n) is 7.20.